The first-order valence-corrected chi connectivity index (χ1v) is 15.2. The van der Waals surface area contributed by atoms with Gasteiger partial charge in [0.15, 0.2) is 0 Å². The quantitative estimate of drug-likeness (QED) is 0.362. The van der Waals surface area contributed by atoms with Gasteiger partial charge in [0.05, 0.1) is 37.4 Å². The molecule has 1 N–H and O–H groups in total. The van der Waals surface area contributed by atoms with Crippen LogP contribution >= 0.6 is 11.6 Å². The number of rotatable bonds is 11. The number of sulfone groups is 1. The van der Waals surface area contributed by atoms with Crippen molar-refractivity contribution in [3.8, 4) is 0 Å². The van der Waals surface area contributed by atoms with E-state index < -0.39 is 9.84 Å². The van der Waals surface area contributed by atoms with Gasteiger partial charge < -0.3 is 19.5 Å². The molecule has 3 aromatic rings. The van der Waals surface area contributed by atoms with E-state index in [2.05, 4.69) is 15.2 Å². The van der Waals surface area contributed by atoms with Crippen molar-refractivity contribution in [2.24, 2.45) is 5.92 Å². The van der Waals surface area contributed by atoms with Gasteiger partial charge in [-0.1, -0.05) is 61.8 Å². The average Bonchev–Trinajstić information content (AvgIpc) is 3.29. The number of carbonyl (C=O) groups is 1. The number of benzene rings is 2. The van der Waals surface area contributed by atoms with E-state index >= 15 is 0 Å². The molecule has 1 fully saturated rings. The van der Waals surface area contributed by atoms with Crippen LogP contribution in [0.4, 0.5) is 10.5 Å². The Kier molecular flexibility index (Phi) is 10.0. The summed E-state index contributed by atoms with van der Waals surface area (Å²) in [5.41, 5.74) is 1.95. The molecule has 2 aromatic carbocycles. The highest BCUT2D eigenvalue weighted by molar-refractivity contribution is 7.90. The zero-order chi connectivity index (χ0) is 27.8. The fraction of sp³-hybridized carbons (Fsp3) is 0.429. The Balaban J connectivity index is 1.59. The van der Waals surface area contributed by atoms with E-state index in [0.717, 1.165) is 13.1 Å². The van der Waals surface area contributed by atoms with E-state index in [9.17, 15) is 13.2 Å². The zero-order valence-electron chi connectivity index (χ0n) is 22.4. The second kappa shape index (κ2) is 13.4. The van der Waals surface area contributed by atoms with Crippen LogP contribution in [0.3, 0.4) is 0 Å². The van der Waals surface area contributed by atoms with Crippen molar-refractivity contribution in [2.75, 3.05) is 44.7 Å². The molecule has 2 amide bonds. The number of urea groups is 1. The summed E-state index contributed by atoms with van der Waals surface area (Å²) in [7, 11) is -3.71. The normalized spacial score (nSPS) is 14.5. The number of halogens is 1. The summed E-state index contributed by atoms with van der Waals surface area (Å²) >= 11 is 6.12. The van der Waals surface area contributed by atoms with Gasteiger partial charge in [-0.15, -0.1) is 0 Å². The van der Waals surface area contributed by atoms with E-state index in [4.69, 9.17) is 16.3 Å². The molecule has 0 saturated carbocycles. The summed E-state index contributed by atoms with van der Waals surface area (Å²) in [6.45, 7) is 8.78. The number of imidazole rings is 1. The Morgan fingerprint density at radius 1 is 1.13 bits per heavy atom. The van der Waals surface area contributed by atoms with Crippen LogP contribution in [-0.2, 0) is 33.4 Å². The highest BCUT2D eigenvalue weighted by Crippen LogP contribution is 2.21. The van der Waals surface area contributed by atoms with Gasteiger partial charge in [-0.3, -0.25) is 4.90 Å². The van der Waals surface area contributed by atoms with Crippen LogP contribution in [0.1, 0.15) is 25.1 Å². The number of morpholine rings is 1. The van der Waals surface area contributed by atoms with Gasteiger partial charge in [0.25, 0.3) is 0 Å². The number of aromatic nitrogens is 2. The maximum Gasteiger partial charge on any atom is 0.322 e. The summed E-state index contributed by atoms with van der Waals surface area (Å²) < 4.78 is 34.1. The minimum Gasteiger partial charge on any atom is -0.379 e. The van der Waals surface area contributed by atoms with Crippen LogP contribution < -0.4 is 5.32 Å². The molecule has 1 aromatic heterocycles. The Labute approximate surface area is 235 Å². The number of anilines is 1. The van der Waals surface area contributed by atoms with Gasteiger partial charge in [0.2, 0.25) is 15.0 Å². The van der Waals surface area contributed by atoms with Crippen molar-refractivity contribution in [1.29, 1.82) is 0 Å². The maximum absolute atomic E-state index is 13.5. The first kappa shape index (κ1) is 29.1. The highest BCUT2D eigenvalue weighted by atomic mass is 35.5. The predicted molar refractivity (Wildman–Crippen MR) is 153 cm³/mol. The summed E-state index contributed by atoms with van der Waals surface area (Å²) in [6, 6.07) is 15.8. The van der Waals surface area contributed by atoms with Crippen LogP contribution in [0.2, 0.25) is 5.02 Å². The second-order valence-corrected chi connectivity index (χ2v) is 12.4. The number of nitrogens with zero attached hydrogens (tertiary/aromatic N) is 4. The Morgan fingerprint density at radius 2 is 1.87 bits per heavy atom. The minimum atomic E-state index is -3.71. The molecule has 39 heavy (non-hydrogen) atoms. The minimum absolute atomic E-state index is 0.0263. The van der Waals surface area contributed by atoms with E-state index in [1.165, 1.54) is 0 Å². The van der Waals surface area contributed by atoms with Crippen LogP contribution in [-0.4, -0.2) is 73.2 Å². The smallest absolute Gasteiger partial charge is 0.322 e. The Hall–Kier alpha value is -2.92. The van der Waals surface area contributed by atoms with Gasteiger partial charge >= 0.3 is 6.03 Å². The number of ether oxygens (including phenoxy) is 1. The standard InChI is InChI=1S/C28H36ClN5O4S/c1-22(2)19-34-26(18-30-28(34)39(36,37)21-23-7-4-3-5-8-23)20-33(12-11-32-13-15-38-16-14-32)27(35)31-25-10-6-9-24(29)17-25/h3-10,17-18,22H,11-16,19-21H2,1-2H3,(H,31,35). The van der Waals surface area contributed by atoms with E-state index in [1.54, 1.807) is 52.1 Å². The van der Waals surface area contributed by atoms with Gasteiger partial charge in [0.1, 0.15) is 0 Å². The summed E-state index contributed by atoms with van der Waals surface area (Å²) in [5, 5.41) is 3.48. The molecule has 0 spiro atoms. The zero-order valence-corrected chi connectivity index (χ0v) is 24.0. The van der Waals surface area contributed by atoms with Gasteiger partial charge in [-0.2, -0.15) is 0 Å². The van der Waals surface area contributed by atoms with E-state index in [-0.39, 0.29) is 29.4 Å². The Morgan fingerprint density at radius 3 is 2.56 bits per heavy atom. The fourth-order valence-corrected chi connectivity index (χ4v) is 6.18. The number of hydrogen-bond donors (Lipinski definition) is 1. The van der Waals surface area contributed by atoms with Crippen LogP contribution in [0.25, 0.3) is 0 Å². The molecule has 0 aliphatic carbocycles. The van der Waals surface area contributed by atoms with Crippen molar-refractivity contribution >= 4 is 33.2 Å². The lowest BCUT2D eigenvalue weighted by Gasteiger charge is -2.30. The van der Waals surface area contributed by atoms with Crippen molar-refractivity contribution < 1.29 is 17.9 Å². The maximum atomic E-state index is 13.5. The summed E-state index contributed by atoms with van der Waals surface area (Å²) in [4.78, 5) is 21.8. The number of amides is 2. The largest absolute Gasteiger partial charge is 0.379 e. The highest BCUT2D eigenvalue weighted by Gasteiger charge is 2.26. The molecule has 1 saturated heterocycles. The predicted octanol–water partition coefficient (Wildman–Crippen LogP) is 4.53. The Bertz CT molecular complexity index is 1340. The molecule has 0 radical (unpaired) electrons. The van der Waals surface area contributed by atoms with Crippen molar-refractivity contribution in [1.82, 2.24) is 19.4 Å². The third-order valence-electron chi connectivity index (χ3n) is 6.43. The molecule has 0 unspecified atom stereocenters. The number of carbonyl (C=O) groups excluding carboxylic acids is 1. The van der Waals surface area contributed by atoms with Crippen LogP contribution in [0.5, 0.6) is 0 Å². The lowest BCUT2D eigenvalue weighted by atomic mass is 10.2. The van der Waals surface area contributed by atoms with Crippen LogP contribution in [0, 0.1) is 5.92 Å². The third-order valence-corrected chi connectivity index (χ3v) is 8.26. The van der Waals surface area contributed by atoms with Gasteiger partial charge in [-0.05, 0) is 29.7 Å². The first-order chi connectivity index (χ1) is 18.7. The van der Waals surface area contributed by atoms with Crippen molar-refractivity contribution in [2.45, 2.75) is 37.8 Å². The molecule has 0 atom stereocenters. The average molecular weight is 574 g/mol. The molecule has 1 aliphatic heterocycles. The molecular formula is C28H36ClN5O4S. The lowest BCUT2D eigenvalue weighted by molar-refractivity contribution is 0.0348. The number of nitrogens with one attached hydrogen (secondary N) is 1. The molecule has 4 rings (SSSR count). The van der Waals surface area contributed by atoms with Crippen molar-refractivity contribution in [3.63, 3.8) is 0 Å². The lowest BCUT2D eigenvalue weighted by Crippen LogP contribution is -2.44. The monoisotopic (exact) mass is 573 g/mol. The van der Waals surface area contributed by atoms with Crippen LogP contribution in [0.15, 0.2) is 66.0 Å². The SMILES string of the molecule is CC(C)Cn1c(CN(CCN2CCOCC2)C(=O)Nc2cccc(Cl)c2)cnc1S(=O)(=O)Cc1ccccc1. The molecule has 210 valence electrons. The van der Waals surface area contributed by atoms with Crippen molar-refractivity contribution in [3.05, 3.63) is 77.1 Å². The van der Waals surface area contributed by atoms with E-state index in [1.807, 2.05) is 32.0 Å². The topological polar surface area (TPSA) is 96.8 Å². The second-order valence-electron chi connectivity index (χ2n) is 10.1. The molecule has 2 heterocycles. The number of hydrogen-bond acceptors (Lipinski definition) is 6. The van der Waals surface area contributed by atoms with Gasteiger partial charge in [0, 0.05) is 43.4 Å². The molecular weight excluding hydrogens is 538 g/mol. The molecule has 0 bridgehead atoms. The first-order valence-electron chi connectivity index (χ1n) is 13.1. The molecule has 11 heteroatoms. The third kappa shape index (κ3) is 8.28. The molecule has 1 aliphatic rings. The van der Waals surface area contributed by atoms with Gasteiger partial charge in [-0.25, -0.2) is 18.2 Å². The molecule has 9 nitrogen and oxygen atoms in total. The summed E-state index contributed by atoms with van der Waals surface area (Å²) in [5.74, 6) is 0.0315. The van der Waals surface area contributed by atoms with E-state index in [0.29, 0.717) is 54.8 Å². The fourth-order valence-electron chi connectivity index (χ4n) is 4.49. The summed E-state index contributed by atoms with van der Waals surface area (Å²) in [6.07, 6.45) is 1.58.